The van der Waals surface area contributed by atoms with Gasteiger partial charge in [0.05, 0.1) is 5.56 Å². The van der Waals surface area contributed by atoms with Crippen LogP contribution in [0, 0.1) is 0 Å². The maximum atomic E-state index is 12.3. The van der Waals surface area contributed by atoms with Crippen LogP contribution in [0.25, 0.3) is 0 Å². The molecule has 0 aliphatic carbocycles. The van der Waals surface area contributed by atoms with Crippen LogP contribution in [0.4, 0.5) is 0 Å². The maximum absolute atomic E-state index is 12.3. The molecule has 2 aliphatic heterocycles. The Hall–Kier alpha value is -2.97. The van der Waals surface area contributed by atoms with Crippen molar-refractivity contribution in [1.82, 2.24) is 14.8 Å². The lowest BCUT2D eigenvalue weighted by Gasteiger charge is -2.20. The van der Waals surface area contributed by atoms with Crippen LogP contribution in [0.3, 0.4) is 0 Å². The zero-order valence-corrected chi connectivity index (χ0v) is 18.4. The summed E-state index contributed by atoms with van der Waals surface area (Å²) in [5.41, 5.74) is -0.00331. The molecule has 0 saturated carbocycles. The number of pyridine rings is 1. The molecule has 0 spiro atoms. The Balaban J connectivity index is 1.48. The van der Waals surface area contributed by atoms with Crippen molar-refractivity contribution < 1.29 is 28.7 Å². The summed E-state index contributed by atoms with van der Waals surface area (Å²) in [6, 6.07) is 2.65. The van der Waals surface area contributed by atoms with Crippen molar-refractivity contribution in [3.8, 4) is 0 Å². The first-order valence-electron chi connectivity index (χ1n) is 11.4. The third-order valence-electron chi connectivity index (χ3n) is 5.78. The number of carbonyl (C=O) groups excluding carboxylic acids is 4. The predicted molar refractivity (Wildman–Crippen MR) is 115 cm³/mol. The molecule has 1 aromatic rings. The van der Waals surface area contributed by atoms with Crippen molar-refractivity contribution >= 4 is 23.8 Å². The average Bonchev–Trinajstić information content (AvgIpc) is 3.26. The van der Waals surface area contributed by atoms with Crippen molar-refractivity contribution in [2.45, 2.75) is 51.4 Å². The van der Waals surface area contributed by atoms with Crippen LogP contribution >= 0.6 is 0 Å². The van der Waals surface area contributed by atoms with Crippen molar-refractivity contribution in [2.24, 2.45) is 0 Å². The summed E-state index contributed by atoms with van der Waals surface area (Å²) in [5, 5.41) is 0. The first-order chi connectivity index (χ1) is 15.5. The fourth-order valence-corrected chi connectivity index (χ4v) is 3.90. The molecule has 174 valence electrons. The summed E-state index contributed by atoms with van der Waals surface area (Å²) in [6.45, 7) is 2.00. The number of likely N-dealkylation sites (tertiary alicyclic amines) is 2. The number of amides is 2. The van der Waals surface area contributed by atoms with E-state index in [-0.39, 0.29) is 36.3 Å². The van der Waals surface area contributed by atoms with Gasteiger partial charge in [0.2, 0.25) is 0 Å². The summed E-state index contributed by atoms with van der Waals surface area (Å²) < 4.78 is 10.2. The van der Waals surface area contributed by atoms with Gasteiger partial charge in [-0.15, -0.1) is 0 Å². The van der Waals surface area contributed by atoms with Crippen LogP contribution in [-0.2, 0) is 19.1 Å². The Bertz CT molecular complexity index is 748. The summed E-state index contributed by atoms with van der Waals surface area (Å²) in [7, 11) is 0. The largest absolute Gasteiger partial charge is 0.452 e. The highest BCUT2D eigenvalue weighted by Gasteiger charge is 2.21. The second-order valence-electron chi connectivity index (χ2n) is 8.17. The van der Waals surface area contributed by atoms with Crippen LogP contribution in [0.15, 0.2) is 18.3 Å². The van der Waals surface area contributed by atoms with E-state index in [9.17, 15) is 19.2 Å². The van der Waals surface area contributed by atoms with Gasteiger partial charge in [-0.3, -0.25) is 9.59 Å². The third-order valence-corrected chi connectivity index (χ3v) is 5.78. The SMILES string of the molecule is O=C(OCC(=O)N1CCCCCC1)c1ccnc(C(=O)OCC(=O)N2CCCCCC2)c1. The topological polar surface area (TPSA) is 106 Å². The number of nitrogens with zero attached hydrogens (tertiary/aromatic N) is 3. The van der Waals surface area contributed by atoms with Gasteiger partial charge in [0, 0.05) is 32.4 Å². The zero-order valence-electron chi connectivity index (χ0n) is 18.4. The molecule has 2 aliphatic rings. The molecule has 1 aromatic heterocycles. The normalized spacial score (nSPS) is 17.1. The maximum Gasteiger partial charge on any atom is 0.357 e. The molecule has 2 fully saturated rings. The van der Waals surface area contributed by atoms with Crippen molar-refractivity contribution in [3.63, 3.8) is 0 Å². The van der Waals surface area contributed by atoms with Crippen molar-refractivity contribution in [1.29, 1.82) is 0 Å². The Labute approximate surface area is 188 Å². The highest BCUT2D eigenvalue weighted by Crippen LogP contribution is 2.12. The molecule has 0 bridgehead atoms. The van der Waals surface area contributed by atoms with Gasteiger partial charge >= 0.3 is 11.9 Å². The summed E-state index contributed by atoms with van der Waals surface area (Å²) >= 11 is 0. The van der Waals surface area contributed by atoms with Crippen LogP contribution in [-0.4, -0.2) is 77.9 Å². The second kappa shape index (κ2) is 12.2. The number of hydrogen-bond acceptors (Lipinski definition) is 7. The van der Waals surface area contributed by atoms with Crippen LogP contribution in [0.1, 0.15) is 72.2 Å². The van der Waals surface area contributed by atoms with Gasteiger partial charge < -0.3 is 19.3 Å². The van der Waals surface area contributed by atoms with E-state index >= 15 is 0 Å². The Morgan fingerprint density at radius 3 is 1.69 bits per heavy atom. The molecule has 2 amide bonds. The lowest BCUT2D eigenvalue weighted by Crippen LogP contribution is -2.35. The summed E-state index contributed by atoms with van der Waals surface area (Å²) in [6.07, 6.45) is 9.50. The Morgan fingerprint density at radius 2 is 1.19 bits per heavy atom. The molecule has 0 aromatic carbocycles. The standard InChI is InChI=1S/C23H31N3O6/c27-20(25-11-5-1-2-6-12-25)16-31-22(29)18-9-10-24-19(15-18)23(30)32-17-21(28)26-13-7-3-4-8-14-26/h9-10,15H,1-8,11-14,16-17H2. The smallest absolute Gasteiger partial charge is 0.357 e. The number of ether oxygens (including phenoxy) is 2. The molecular formula is C23H31N3O6. The van der Waals surface area contributed by atoms with E-state index in [0.29, 0.717) is 26.2 Å². The second-order valence-corrected chi connectivity index (χ2v) is 8.17. The summed E-state index contributed by atoms with van der Waals surface area (Å²) in [4.78, 5) is 56.6. The van der Waals surface area contributed by atoms with Crippen LogP contribution in [0.2, 0.25) is 0 Å². The molecule has 0 atom stereocenters. The quantitative estimate of drug-likeness (QED) is 0.618. The fourth-order valence-electron chi connectivity index (χ4n) is 3.90. The zero-order chi connectivity index (χ0) is 22.8. The van der Waals surface area contributed by atoms with Gasteiger partial charge in [0.1, 0.15) is 5.69 Å². The van der Waals surface area contributed by atoms with E-state index in [4.69, 9.17) is 9.47 Å². The summed E-state index contributed by atoms with van der Waals surface area (Å²) in [5.74, 6) is -1.96. The monoisotopic (exact) mass is 445 g/mol. The van der Waals surface area contributed by atoms with Gasteiger partial charge in [0.15, 0.2) is 13.2 Å². The van der Waals surface area contributed by atoms with E-state index in [1.807, 2.05) is 0 Å². The Kier molecular flexibility index (Phi) is 9.01. The molecule has 3 rings (SSSR count). The van der Waals surface area contributed by atoms with E-state index in [1.54, 1.807) is 9.80 Å². The molecule has 0 N–H and O–H groups in total. The molecule has 0 radical (unpaired) electrons. The first-order valence-corrected chi connectivity index (χ1v) is 11.4. The molecular weight excluding hydrogens is 414 g/mol. The lowest BCUT2D eigenvalue weighted by atomic mass is 10.2. The fraction of sp³-hybridized carbons (Fsp3) is 0.609. The minimum absolute atomic E-state index is 0.0921. The van der Waals surface area contributed by atoms with Gasteiger partial charge in [-0.25, -0.2) is 14.6 Å². The van der Waals surface area contributed by atoms with Gasteiger partial charge in [-0.2, -0.15) is 0 Å². The van der Waals surface area contributed by atoms with E-state index in [2.05, 4.69) is 4.98 Å². The Morgan fingerprint density at radius 1 is 0.719 bits per heavy atom. The van der Waals surface area contributed by atoms with Gasteiger partial charge in [-0.05, 0) is 37.8 Å². The highest BCUT2D eigenvalue weighted by atomic mass is 16.5. The average molecular weight is 446 g/mol. The third kappa shape index (κ3) is 7.03. The van der Waals surface area contributed by atoms with Gasteiger partial charge in [-0.1, -0.05) is 25.7 Å². The molecule has 3 heterocycles. The lowest BCUT2D eigenvalue weighted by molar-refractivity contribution is -0.135. The molecule has 2 saturated heterocycles. The van der Waals surface area contributed by atoms with Crippen LogP contribution in [0.5, 0.6) is 0 Å². The van der Waals surface area contributed by atoms with Crippen molar-refractivity contribution in [3.05, 3.63) is 29.6 Å². The first kappa shape index (κ1) is 23.7. The molecule has 9 heteroatoms. The van der Waals surface area contributed by atoms with E-state index < -0.39 is 11.9 Å². The van der Waals surface area contributed by atoms with Crippen LogP contribution < -0.4 is 0 Å². The number of hydrogen-bond donors (Lipinski definition) is 0. The van der Waals surface area contributed by atoms with E-state index in [0.717, 1.165) is 51.4 Å². The molecule has 0 unspecified atom stereocenters. The predicted octanol–water partition coefficient (Wildman–Crippen LogP) is 2.20. The number of rotatable bonds is 6. The molecule has 9 nitrogen and oxygen atoms in total. The molecule has 32 heavy (non-hydrogen) atoms. The minimum Gasteiger partial charge on any atom is -0.452 e. The highest BCUT2D eigenvalue weighted by molar-refractivity contribution is 5.95. The van der Waals surface area contributed by atoms with Gasteiger partial charge in [0.25, 0.3) is 11.8 Å². The van der Waals surface area contributed by atoms with E-state index in [1.165, 1.54) is 18.3 Å². The number of esters is 2. The number of aromatic nitrogens is 1. The number of carbonyl (C=O) groups is 4. The minimum atomic E-state index is -0.788. The van der Waals surface area contributed by atoms with Crippen molar-refractivity contribution in [2.75, 3.05) is 39.4 Å².